The molecule has 11 heteroatoms. The lowest BCUT2D eigenvalue weighted by Gasteiger charge is -2.01. The summed E-state index contributed by atoms with van der Waals surface area (Å²) in [5.41, 5.74) is 2.12. The lowest BCUT2D eigenvalue weighted by atomic mass is 10.1. The van der Waals surface area contributed by atoms with Crippen molar-refractivity contribution in [3.05, 3.63) is 87.5 Å². The fourth-order valence-corrected chi connectivity index (χ4v) is 5.11. The van der Waals surface area contributed by atoms with Gasteiger partial charge in [0.15, 0.2) is 4.91 Å². The highest BCUT2D eigenvalue weighted by molar-refractivity contribution is 7.97. The van der Waals surface area contributed by atoms with Gasteiger partial charge >= 0.3 is 0 Å². The molecule has 0 bridgehead atoms. The van der Waals surface area contributed by atoms with E-state index in [1.807, 2.05) is 6.92 Å². The fourth-order valence-electron chi connectivity index (χ4n) is 2.84. The number of nitrogens with zero attached hydrogens (tertiary/aromatic N) is 3. The fraction of sp³-hybridized carbons (Fsp3) is 0.0435. The molecule has 0 fully saturated rings. The van der Waals surface area contributed by atoms with Crippen molar-refractivity contribution in [1.82, 2.24) is 10.2 Å². The average molecular weight is 511 g/mol. The number of furan rings is 1. The number of benzene rings is 2. The van der Waals surface area contributed by atoms with Crippen LogP contribution in [0.5, 0.6) is 0 Å². The molecule has 0 atom stereocenters. The minimum absolute atomic E-state index is 0.00976. The van der Waals surface area contributed by atoms with Crippen molar-refractivity contribution in [2.45, 2.75) is 11.3 Å². The van der Waals surface area contributed by atoms with E-state index in [4.69, 9.17) is 16.0 Å². The van der Waals surface area contributed by atoms with E-state index in [1.165, 1.54) is 0 Å². The van der Waals surface area contributed by atoms with Gasteiger partial charge < -0.3 is 4.42 Å². The lowest BCUT2D eigenvalue weighted by Crippen LogP contribution is -2.11. The number of hydrogen-bond donors (Lipinski definition) is 1. The normalized spacial score (nSPS) is 11.7. The SMILES string of the molecule is Cc1ccc(C(=O)Nc2nnc(S(=O)(=O)C(C#N)=Cc3ccc(-c4ccc(Cl)cc4)o3)s2)cc1. The summed E-state index contributed by atoms with van der Waals surface area (Å²) in [5, 5.41) is 19.9. The van der Waals surface area contributed by atoms with Crippen molar-refractivity contribution in [2.75, 3.05) is 5.32 Å². The molecular formula is C23H15ClN4O4S2. The molecule has 2 aromatic carbocycles. The van der Waals surface area contributed by atoms with Gasteiger partial charge in [-0.25, -0.2) is 8.42 Å². The van der Waals surface area contributed by atoms with Crippen molar-refractivity contribution in [3.63, 3.8) is 0 Å². The van der Waals surface area contributed by atoms with Crippen molar-refractivity contribution >= 4 is 49.9 Å². The van der Waals surface area contributed by atoms with E-state index in [0.29, 0.717) is 27.7 Å². The maximum atomic E-state index is 12.9. The molecular weight excluding hydrogens is 496 g/mol. The van der Waals surface area contributed by atoms with Crippen LogP contribution in [0.1, 0.15) is 21.7 Å². The Bertz CT molecular complexity index is 1530. The molecule has 0 aliphatic rings. The predicted molar refractivity (Wildman–Crippen MR) is 129 cm³/mol. The molecule has 1 amide bonds. The van der Waals surface area contributed by atoms with Crippen molar-refractivity contribution in [3.8, 4) is 17.4 Å². The summed E-state index contributed by atoms with van der Waals surface area (Å²) >= 11 is 6.54. The Kier molecular flexibility index (Phi) is 6.61. The van der Waals surface area contributed by atoms with E-state index in [0.717, 1.165) is 17.2 Å². The molecule has 0 spiro atoms. The van der Waals surface area contributed by atoms with Crippen LogP contribution in [0.3, 0.4) is 0 Å². The third kappa shape index (κ3) is 5.07. The molecule has 170 valence electrons. The van der Waals surface area contributed by atoms with Crippen molar-refractivity contribution in [2.24, 2.45) is 0 Å². The zero-order valence-corrected chi connectivity index (χ0v) is 19.9. The van der Waals surface area contributed by atoms with E-state index in [9.17, 15) is 18.5 Å². The van der Waals surface area contributed by atoms with E-state index >= 15 is 0 Å². The second kappa shape index (κ2) is 9.61. The summed E-state index contributed by atoms with van der Waals surface area (Å²) in [4.78, 5) is 11.8. The zero-order valence-electron chi connectivity index (χ0n) is 17.5. The second-order valence-corrected chi connectivity index (χ2v) is 10.5. The van der Waals surface area contributed by atoms with E-state index in [2.05, 4.69) is 15.5 Å². The summed E-state index contributed by atoms with van der Waals surface area (Å²) in [6.45, 7) is 1.89. The van der Waals surface area contributed by atoms with Crippen LogP contribution >= 0.6 is 22.9 Å². The Morgan fingerprint density at radius 3 is 2.47 bits per heavy atom. The number of halogens is 1. The monoisotopic (exact) mass is 510 g/mol. The van der Waals surface area contributed by atoms with E-state index in [-0.39, 0.29) is 10.9 Å². The van der Waals surface area contributed by atoms with E-state index in [1.54, 1.807) is 66.7 Å². The largest absolute Gasteiger partial charge is 0.457 e. The predicted octanol–water partition coefficient (Wildman–Crippen LogP) is 5.35. The van der Waals surface area contributed by atoms with Gasteiger partial charge in [0.2, 0.25) is 19.3 Å². The standard InChI is InChI=1S/C23H15ClN4O4S2/c1-14-2-4-16(5-3-14)21(29)26-22-27-28-23(33-22)34(30,31)19(13-25)12-18-10-11-20(32-18)15-6-8-17(24)9-7-15/h2-12H,1H3,(H,26,27,29). The third-order valence-corrected chi connectivity index (χ3v) is 7.72. The van der Waals surface area contributed by atoms with Gasteiger partial charge in [0.1, 0.15) is 17.6 Å². The number of carbonyl (C=O) groups is 1. The molecule has 34 heavy (non-hydrogen) atoms. The van der Waals surface area contributed by atoms with Crippen LogP contribution in [-0.4, -0.2) is 24.5 Å². The Morgan fingerprint density at radius 2 is 1.79 bits per heavy atom. The Morgan fingerprint density at radius 1 is 1.09 bits per heavy atom. The van der Waals surface area contributed by atoms with Gasteiger partial charge in [0.25, 0.3) is 5.91 Å². The highest BCUT2D eigenvalue weighted by Crippen LogP contribution is 2.29. The zero-order chi connectivity index (χ0) is 24.3. The quantitative estimate of drug-likeness (QED) is 0.273. The number of aryl methyl sites for hydroxylation is 1. The van der Waals surface area contributed by atoms with Gasteiger partial charge in [0, 0.05) is 22.2 Å². The third-order valence-electron chi connectivity index (χ3n) is 4.60. The van der Waals surface area contributed by atoms with E-state index < -0.39 is 25.0 Å². The number of hydrogen-bond acceptors (Lipinski definition) is 8. The molecule has 4 aromatic rings. The number of anilines is 1. The minimum Gasteiger partial charge on any atom is -0.457 e. The topological polar surface area (TPSA) is 126 Å². The number of nitrogens with one attached hydrogen (secondary N) is 1. The summed E-state index contributed by atoms with van der Waals surface area (Å²) in [6.07, 6.45) is 1.11. The molecule has 0 aliphatic heterocycles. The smallest absolute Gasteiger partial charge is 0.257 e. The highest BCUT2D eigenvalue weighted by atomic mass is 35.5. The Balaban J connectivity index is 1.55. The number of rotatable bonds is 6. The van der Waals surface area contributed by atoms with Crippen molar-refractivity contribution in [1.29, 1.82) is 5.26 Å². The summed E-state index contributed by atoms with van der Waals surface area (Å²) in [6, 6.07) is 18.6. The number of allylic oxidation sites excluding steroid dienone is 1. The Hall–Kier alpha value is -3.78. The molecule has 2 heterocycles. The number of carbonyl (C=O) groups excluding carboxylic acids is 1. The van der Waals surface area contributed by atoms with Crippen LogP contribution in [0.2, 0.25) is 5.02 Å². The van der Waals surface area contributed by atoms with Crippen LogP contribution < -0.4 is 5.32 Å². The molecule has 0 aliphatic carbocycles. The molecule has 2 aromatic heterocycles. The number of aromatic nitrogens is 2. The van der Waals surface area contributed by atoms with Crippen LogP contribution in [0.4, 0.5) is 5.13 Å². The van der Waals surface area contributed by atoms with Gasteiger partial charge in [0.05, 0.1) is 0 Å². The maximum Gasteiger partial charge on any atom is 0.257 e. The molecule has 8 nitrogen and oxygen atoms in total. The molecule has 4 rings (SSSR count). The summed E-state index contributed by atoms with van der Waals surface area (Å²) in [7, 11) is -4.28. The Labute approximate surface area is 204 Å². The lowest BCUT2D eigenvalue weighted by molar-refractivity contribution is 0.102. The minimum atomic E-state index is -4.28. The van der Waals surface area contributed by atoms with Crippen LogP contribution in [0.15, 0.2) is 74.3 Å². The van der Waals surface area contributed by atoms with Gasteiger partial charge in [-0.15, -0.1) is 10.2 Å². The molecule has 0 radical (unpaired) electrons. The second-order valence-electron chi connectivity index (χ2n) is 7.03. The van der Waals surface area contributed by atoms with Crippen LogP contribution in [0.25, 0.3) is 17.4 Å². The first-order valence-electron chi connectivity index (χ1n) is 9.70. The van der Waals surface area contributed by atoms with Crippen molar-refractivity contribution < 1.29 is 17.6 Å². The maximum absolute atomic E-state index is 12.9. The van der Waals surface area contributed by atoms with Gasteiger partial charge in [-0.2, -0.15) is 5.26 Å². The summed E-state index contributed by atoms with van der Waals surface area (Å²) < 4.78 is 31.1. The first-order chi connectivity index (χ1) is 16.3. The number of sulfone groups is 1. The van der Waals surface area contributed by atoms with Crippen LogP contribution in [0, 0.1) is 18.3 Å². The average Bonchev–Trinajstić information content (AvgIpc) is 3.48. The number of amides is 1. The number of nitriles is 1. The molecule has 1 N–H and O–H groups in total. The molecule has 0 saturated heterocycles. The first kappa shape index (κ1) is 23.4. The summed E-state index contributed by atoms with van der Waals surface area (Å²) in [5.74, 6) is 0.193. The molecule has 0 unspecified atom stereocenters. The van der Waals surface area contributed by atoms with Crippen LogP contribution in [-0.2, 0) is 9.84 Å². The van der Waals surface area contributed by atoms with Gasteiger partial charge in [-0.1, -0.05) is 40.6 Å². The first-order valence-corrected chi connectivity index (χ1v) is 12.4. The van der Waals surface area contributed by atoms with Gasteiger partial charge in [-0.3, -0.25) is 10.1 Å². The highest BCUT2D eigenvalue weighted by Gasteiger charge is 2.27. The molecule has 0 saturated carbocycles. The van der Waals surface area contributed by atoms with Gasteiger partial charge in [-0.05, 0) is 55.5 Å².